The average Bonchev–Trinajstić information content (AvgIpc) is 3.72. The van der Waals surface area contributed by atoms with Gasteiger partial charge in [-0.05, 0) is 68.2 Å². The van der Waals surface area contributed by atoms with Gasteiger partial charge in [-0.2, -0.15) is 18.2 Å². The number of aryl methyl sites for hydroxylation is 1. The van der Waals surface area contributed by atoms with Crippen molar-refractivity contribution in [2.75, 3.05) is 36.0 Å². The first kappa shape index (κ1) is 28.2. The van der Waals surface area contributed by atoms with Crippen LogP contribution in [0.25, 0.3) is 44.3 Å². The van der Waals surface area contributed by atoms with E-state index in [1.54, 1.807) is 4.57 Å². The molecule has 0 unspecified atom stereocenters. The molecule has 4 aromatic carbocycles. The Kier molecular flexibility index (Phi) is 7.70. The van der Waals surface area contributed by atoms with Crippen molar-refractivity contribution in [2.24, 2.45) is 6.98 Å². The van der Waals surface area contributed by atoms with Crippen LogP contribution in [0.5, 0.6) is 11.5 Å². The van der Waals surface area contributed by atoms with E-state index >= 15 is 0 Å². The first-order chi connectivity index (χ1) is 24.9. The number of hydrogen-bond donors (Lipinski definition) is 0. The molecular weight excluding hydrogens is 788 g/mol. The van der Waals surface area contributed by atoms with Gasteiger partial charge in [-0.25, -0.2) is 4.98 Å². The molecule has 3 aromatic heterocycles. The minimum absolute atomic E-state index is 0. The number of fused-ring (bicyclic) bond motifs is 4. The Labute approximate surface area is 305 Å². The summed E-state index contributed by atoms with van der Waals surface area (Å²) in [6.07, 6.45) is 12.2. The largest absolute Gasteiger partial charge is 0.510 e. The van der Waals surface area contributed by atoms with E-state index in [1.165, 1.54) is 35.9 Å². The number of pyridine rings is 1. The smallest absolute Gasteiger partial charge is 0.242 e. The standard InChI is InChI=1S/C41H38N6O.Pt/c1-43-29-46(40-26-30(15-18-38(40)43)44-21-6-2-7-22-44)32-11-10-12-33(25-32)48-34-16-17-36-35-13-4-5-14-37(35)47(39(36)28-34)41-27-31(19-20-42-41)45-23-8-3-9-24-45;/h4-5,10-20,26-27H,2-3,6-9,21-24H2,1H3;/q-2;/i1D3;. The number of rotatable bonds is 6. The number of hydrogen-bond acceptors (Lipinski definition) is 4. The van der Waals surface area contributed by atoms with Crippen molar-refractivity contribution < 1.29 is 34.5 Å². The summed E-state index contributed by atoms with van der Waals surface area (Å²) in [6, 6.07) is 35.2. The van der Waals surface area contributed by atoms with Crippen molar-refractivity contribution in [1.29, 1.82) is 0 Å². The number of para-hydroxylation sites is 1. The van der Waals surface area contributed by atoms with Gasteiger partial charge in [-0.3, -0.25) is 0 Å². The molecule has 2 aliphatic rings. The number of aromatic nitrogens is 4. The Morgan fingerprint density at radius 2 is 1.47 bits per heavy atom. The van der Waals surface area contributed by atoms with Gasteiger partial charge in [0.25, 0.3) is 0 Å². The number of nitrogens with zero attached hydrogens (tertiary/aromatic N) is 6. The maximum atomic E-state index is 8.21. The van der Waals surface area contributed by atoms with Crippen molar-refractivity contribution in [3.8, 4) is 23.0 Å². The van der Waals surface area contributed by atoms with Crippen molar-refractivity contribution in [1.82, 2.24) is 14.1 Å². The molecule has 8 heteroatoms. The fraction of sp³-hybridized carbons (Fsp3) is 0.268. The van der Waals surface area contributed by atoms with E-state index in [2.05, 4.69) is 81.4 Å². The van der Waals surface area contributed by atoms with Gasteiger partial charge in [-0.15, -0.1) is 29.7 Å². The molecule has 2 saturated heterocycles. The molecule has 250 valence electrons. The molecule has 0 aliphatic carbocycles. The Morgan fingerprint density at radius 3 is 2.27 bits per heavy atom. The van der Waals surface area contributed by atoms with Crippen LogP contribution in [0, 0.1) is 18.5 Å². The van der Waals surface area contributed by atoms with E-state index in [4.69, 9.17) is 13.8 Å². The molecule has 2 aliphatic heterocycles. The van der Waals surface area contributed by atoms with Crippen LogP contribution in [0.1, 0.15) is 42.6 Å². The molecule has 7 aromatic rings. The van der Waals surface area contributed by atoms with Crippen molar-refractivity contribution in [3.05, 3.63) is 110 Å². The molecule has 7 nitrogen and oxygen atoms in total. The summed E-state index contributed by atoms with van der Waals surface area (Å²) in [7, 11) is 0. The van der Waals surface area contributed by atoms with E-state index in [-0.39, 0.29) is 21.1 Å². The van der Waals surface area contributed by atoms with Crippen molar-refractivity contribution in [3.63, 3.8) is 0 Å². The Hall–Kier alpha value is -4.61. The number of piperidine rings is 2. The maximum absolute atomic E-state index is 8.21. The van der Waals surface area contributed by atoms with E-state index < -0.39 is 6.98 Å². The molecule has 49 heavy (non-hydrogen) atoms. The monoisotopic (exact) mass is 828 g/mol. The summed E-state index contributed by atoms with van der Waals surface area (Å²) in [4.78, 5) is 9.65. The van der Waals surface area contributed by atoms with Gasteiger partial charge in [0.15, 0.2) is 0 Å². The first-order valence-electron chi connectivity index (χ1n) is 18.5. The van der Waals surface area contributed by atoms with Gasteiger partial charge in [0.1, 0.15) is 5.82 Å². The van der Waals surface area contributed by atoms with Crippen LogP contribution in [-0.4, -0.2) is 40.3 Å². The van der Waals surface area contributed by atoms with Gasteiger partial charge < -0.3 is 28.2 Å². The SMILES string of the molecule is [2H]C([2H])([2H])[n+]1[c-]n(-c2[c-]c(Oc3[c-]c4c(cc3)c3ccccc3n4-c3cc(N4CCCCC4)ccn3)ccc2)c2cc(N3CCCCC3)ccc21.[Pt]. The van der Waals surface area contributed by atoms with E-state index in [1.807, 2.05) is 42.6 Å². The topological polar surface area (TPSA) is 42.3 Å². The van der Waals surface area contributed by atoms with Gasteiger partial charge in [0, 0.05) is 87.9 Å². The fourth-order valence-electron chi connectivity index (χ4n) is 7.42. The summed E-state index contributed by atoms with van der Waals surface area (Å²) in [5.41, 5.74) is 6.15. The average molecular weight is 829 g/mol. The molecule has 9 rings (SSSR count). The summed E-state index contributed by atoms with van der Waals surface area (Å²) in [5, 5.41) is 2.18. The molecule has 0 spiro atoms. The molecule has 0 saturated carbocycles. The molecule has 0 radical (unpaired) electrons. The molecule has 0 amide bonds. The molecule has 0 bridgehead atoms. The molecule has 5 heterocycles. The van der Waals surface area contributed by atoms with Crippen LogP contribution in [0.3, 0.4) is 0 Å². The van der Waals surface area contributed by atoms with Gasteiger partial charge in [0.2, 0.25) is 6.33 Å². The third kappa shape index (κ3) is 5.88. The zero-order valence-corrected chi connectivity index (χ0v) is 29.4. The Bertz CT molecular complexity index is 2390. The summed E-state index contributed by atoms with van der Waals surface area (Å²) in [6.45, 7) is 1.70. The quantitative estimate of drug-likeness (QED) is 0.126. The minimum atomic E-state index is -2.39. The zero-order chi connectivity index (χ0) is 34.5. The minimum Gasteiger partial charge on any atom is -0.510 e. The molecule has 0 N–H and O–H groups in total. The van der Waals surface area contributed by atoms with Crippen LogP contribution < -0.4 is 19.1 Å². The van der Waals surface area contributed by atoms with E-state index in [9.17, 15) is 0 Å². The third-order valence-corrected chi connectivity index (χ3v) is 9.81. The normalized spacial score (nSPS) is 16.4. The predicted octanol–water partition coefficient (Wildman–Crippen LogP) is 8.12. The second-order valence-electron chi connectivity index (χ2n) is 12.9. The van der Waals surface area contributed by atoms with Crippen molar-refractivity contribution >= 4 is 44.2 Å². The van der Waals surface area contributed by atoms with E-state index in [0.717, 1.165) is 77.8 Å². The van der Waals surface area contributed by atoms with Gasteiger partial charge >= 0.3 is 0 Å². The molecule has 0 atom stereocenters. The van der Waals surface area contributed by atoms with E-state index in [0.29, 0.717) is 22.7 Å². The van der Waals surface area contributed by atoms with Crippen LogP contribution in [0.15, 0.2) is 91.1 Å². The van der Waals surface area contributed by atoms with Crippen LogP contribution in [-0.2, 0) is 28.0 Å². The number of ether oxygens (including phenoxy) is 1. The van der Waals surface area contributed by atoms with Gasteiger partial charge in [-0.1, -0.05) is 35.5 Å². The van der Waals surface area contributed by atoms with Crippen LogP contribution in [0.2, 0.25) is 0 Å². The molecule has 2 fully saturated rings. The van der Waals surface area contributed by atoms with Gasteiger partial charge in [0.05, 0.1) is 22.1 Å². The molecular formula is C41H38N6OPt-2. The summed E-state index contributed by atoms with van der Waals surface area (Å²) >= 11 is 0. The number of imidazole rings is 1. The maximum Gasteiger partial charge on any atom is 0.242 e. The predicted molar refractivity (Wildman–Crippen MR) is 192 cm³/mol. The zero-order valence-electron chi connectivity index (χ0n) is 30.1. The second kappa shape index (κ2) is 13.4. The van der Waals surface area contributed by atoms with Crippen LogP contribution >= 0.6 is 0 Å². The number of benzene rings is 4. The third-order valence-electron chi connectivity index (χ3n) is 9.81. The fourth-order valence-corrected chi connectivity index (χ4v) is 7.42. The summed E-state index contributed by atoms with van der Waals surface area (Å²) < 4.78 is 36.3. The Balaban J connectivity index is 0.00000387. The van der Waals surface area contributed by atoms with Crippen LogP contribution in [0.4, 0.5) is 11.4 Å². The Morgan fingerprint density at radius 1 is 0.714 bits per heavy atom. The second-order valence-corrected chi connectivity index (χ2v) is 12.9. The van der Waals surface area contributed by atoms with Crippen molar-refractivity contribution in [2.45, 2.75) is 38.5 Å². The number of anilines is 2. The summed E-state index contributed by atoms with van der Waals surface area (Å²) in [5.74, 6) is 1.87. The first-order valence-corrected chi connectivity index (χ1v) is 17.0.